The van der Waals surface area contributed by atoms with Crippen LogP contribution in [0.15, 0.2) is 12.4 Å². The molecule has 2 aromatic heterocycles. The lowest BCUT2D eigenvalue weighted by atomic mass is 9.41. The Morgan fingerprint density at radius 1 is 1.23 bits per heavy atom. The molecule has 3 saturated carbocycles. The molecule has 3 aliphatic carbocycles. The maximum Gasteiger partial charge on any atom is 0.232 e. The molecule has 4 aliphatic rings. The molecule has 0 unspecified atom stereocenters. The van der Waals surface area contributed by atoms with E-state index < -0.39 is 0 Å². The summed E-state index contributed by atoms with van der Waals surface area (Å²) in [4.78, 5) is 28.4. The second-order valence-electron chi connectivity index (χ2n) is 8.92. The number of carbonyl (C=O) groups is 1. The Hall–Kier alpha value is -2.30. The van der Waals surface area contributed by atoms with Crippen LogP contribution in [0.3, 0.4) is 0 Å². The van der Waals surface area contributed by atoms with Crippen molar-refractivity contribution in [1.29, 1.82) is 0 Å². The van der Waals surface area contributed by atoms with Gasteiger partial charge >= 0.3 is 0 Å². The highest BCUT2D eigenvalue weighted by molar-refractivity contribution is 7.17. The summed E-state index contributed by atoms with van der Waals surface area (Å²) in [5.74, 6) is 1.39. The van der Waals surface area contributed by atoms with E-state index in [1.807, 2.05) is 0 Å². The molecule has 0 aromatic carbocycles. The van der Waals surface area contributed by atoms with Gasteiger partial charge in [0.25, 0.3) is 0 Å². The fraction of sp³-hybridized carbons (Fsp3) is 0.619. The van der Waals surface area contributed by atoms with Crippen molar-refractivity contribution in [2.45, 2.75) is 44.6 Å². The smallest absolute Gasteiger partial charge is 0.232 e. The van der Waals surface area contributed by atoms with Gasteiger partial charge < -0.3 is 24.4 Å². The Morgan fingerprint density at radius 3 is 2.52 bits per heavy atom. The zero-order chi connectivity index (χ0) is 21.6. The van der Waals surface area contributed by atoms with E-state index in [1.165, 1.54) is 11.3 Å². The lowest BCUT2D eigenvalue weighted by Gasteiger charge is -2.67. The van der Waals surface area contributed by atoms with Gasteiger partial charge in [-0.3, -0.25) is 4.79 Å². The number of rotatable bonds is 7. The quantitative estimate of drug-likeness (QED) is 0.694. The predicted octanol–water partition coefficient (Wildman–Crippen LogP) is 3.19. The highest BCUT2D eigenvalue weighted by Crippen LogP contribution is 2.69. The Balaban J connectivity index is 1.27. The Morgan fingerprint density at radius 2 is 1.90 bits per heavy atom. The van der Waals surface area contributed by atoms with Gasteiger partial charge in [0, 0.05) is 26.1 Å². The van der Waals surface area contributed by atoms with Crippen LogP contribution in [-0.4, -0.2) is 59.9 Å². The van der Waals surface area contributed by atoms with E-state index in [0.29, 0.717) is 35.1 Å². The minimum atomic E-state index is -0.288. The molecule has 4 fully saturated rings. The molecule has 2 aromatic rings. The number of ether oxygens (including phenoxy) is 3. The Labute approximate surface area is 185 Å². The predicted molar refractivity (Wildman–Crippen MR) is 116 cm³/mol. The summed E-state index contributed by atoms with van der Waals surface area (Å²) >= 11 is 1.34. The van der Waals surface area contributed by atoms with Gasteiger partial charge in [0.05, 0.1) is 42.3 Å². The summed E-state index contributed by atoms with van der Waals surface area (Å²) in [6.07, 6.45) is 5.72. The molecule has 2 bridgehead atoms. The number of morpholine rings is 1. The van der Waals surface area contributed by atoms with Gasteiger partial charge in [-0.05, 0) is 19.3 Å². The van der Waals surface area contributed by atoms with Crippen LogP contribution in [-0.2, 0) is 14.3 Å². The van der Waals surface area contributed by atoms with Crippen molar-refractivity contribution in [2.75, 3.05) is 43.6 Å². The van der Waals surface area contributed by atoms with Crippen molar-refractivity contribution >= 4 is 28.3 Å². The van der Waals surface area contributed by atoms with Crippen LogP contribution in [0.1, 0.15) is 44.7 Å². The molecule has 1 N–H and O–H groups in total. The summed E-state index contributed by atoms with van der Waals surface area (Å²) in [7, 11) is 1.72. The maximum absolute atomic E-state index is 12.8. The topological polar surface area (TPSA) is 98.7 Å². The standard InChI is InChI=1S/C21H27N5O4S/c1-13(2)15-16(30-14-8-22-18(23-9-14)26-4-6-29-7-5-26)31-19(24-15)25-17(27)20-10-21(11-20,12-20)28-3/h8-9,13H,4-7,10-12H2,1-3H3,(H,24,25,27). The Kier molecular flexibility index (Phi) is 5.10. The van der Waals surface area contributed by atoms with Crippen LogP contribution in [0, 0.1) is 5.41 Å². The second-order valence-corrected chi connectivity index (χ2v) is 9.88. The second kappa shape index (κ2) is 7.68. The largest absolute Gasteiger partial charge is 0.441 e. The number of amides is 1. The van der Waals surface area contributed by atoms with Gasteiger partial charge in [-0.25, -0.2) is 15.0 Å². The summed E-state index contributed by atoms with van der Waals surface area (Å²) in [6.45, 7) is 7.03. The number of anilines is 2. The van der Waals surface area contributed by atoms with Crippen LogP contribution in [0.2, 0.25) is 0 Å². The zero-order valence-corrected chi connectivity index (χ0v) is 18.8. The van der Waals surface area contributed by atoms with Gasteiger partial charge in [0.15, 0.2) is 10.9 Å². The van der Waals surface area contributed by atoms with Crippen molar-refractivity contribution in [3.05, 3.63) is 18.1 Å². The summed E-state index contributed by atoms with van der Waals surface area (Å²) < 4.78 is 16.9. The van der Waals surface area contributed by atoms with E-state index in [-0.39, 0.29) is 22.8 Å². The number of nitrogens with zero attached hydrogens (tertiary/aromatic N) is 4. The third kappa shape index (κ3) is 3.66. The Bertz CT molecular complexity index is 951. The zero-order valence-electron chi connectivity index (χ0n) is 18.0. The molecule has 0 radical (unpaired) electrons. The molecule has 6 rings (SSSR count). The van der Waals surface area contributed by atoms with Crippen molar-refractivity contribution in [3.63, 3.8) is 0 Å². The van der Waals surface area contributed by atoms with E-state index >= 15 is 0 Å². The van der Waals surface area contributed by atoms with Gasteiger partial charge in [-0.1, -0.05) is 25.2 Å². The first kappa shape index (κ1) is 20.6. The van der Waals surface area contributed by atoms with Crippen LogP contribution in [0.4, 0.5) is 11.1 Å². The molecule has 166 valence electrons. The van der Waals surface area contributed by atoms with E-state index in [4.69, 9.17) is 14.2 Å². The molecule has 1 amide bonds. The lowest BCUT2D eigenvalue weighted by molar-refractivity contribution is -0.260. The molecule has 1 saturated heterocycles. The van der Waals surface area contributed by atoms with E-state index in [0.717, 1.165) is 38.0 Å². The number of methoxy groups -OCH3 is 1. The van der Waals surface area contributed by atoms with Gasteiger partial charge in [-0.2, -0.15) is 0 Å². The van der Waals surface area contributed by atoms with E-state index in [1.54, 1.807) is 19.5 Å². The number of hydrogen-bond donors (Lipinski definition) is 1. The first-order chi connectivity index (χ1) is 14.9. The number of aromatic nitrogens is 3. The average molecular weight is 446 g/mol. The molecule has 10 heteroatoms. The van der Waals surface area contributed by atoms with Crippen molar-refractivity contribution < 1.29 is 19.0 Å². The third-order valence-corrected chi connectivity index (χ3v) is 7.27. The normalized spacial score (nSPS) is 26.9. The monoisotopic (exact) mass is 445 g/mol. The molecular weight excluding hydrogens is 418 g/mol. The van der Waals surface area contributed by atoms with Crippen LogP contribution < -0.4 is 15.0 Å². The fourth-order valence-corrected chi connectivity index (χ4v) is 5.57. The molecule has 3 heterocycles. The highest BCUT2D eigenvalue weighted by Gasteiger charge is 2.72. The van der Waals surface area contributed by atoms with Crippen molar-refractivity contribution in [3.8, 4) is 10.8 Å². The number of hydrogen-bond acceptors (Lipinski definition) is 9. The molecule has 1 aliphatic heterocycles. The number of thiazole rings is 1. The third-order valence-electron chi connectivity index (χ3n) is 6.40. The minimum absolute atomic E-state index is 0.0280. The van der Waals surface area contributed by atoms with E-state index in [2.05, 4.69) is 39.0 Å². The van der Waals surface area contributed by atoms with Gasteiger partial charge in [0.2, 0.25) is 16.9 Å². The first-order valence-corrected chi connectivity index (χ1v) is 11.4. The lowest BCUT2D eigenvalue weighted by Crippen LogP contribution is -2.72. The summed E-state index contributed by atoms with van der Waals surface area (Å²) in [5.41, 5.74) is 0.456. The van der Waals surface area contributed by atoms with Crippen molar-refractivity contribution in [1.82, 2.24) is 15.0 Å². The molecule has 31 heavy (non-hydrogen) atoms. The number of nitrogens with one attached hydrogen (secondary N) is 1. The minimum Gasteiger partial charge on any atom is -0.441 e. The SMILES string of the molecule is COC12CC(C(=O)Nc3nc(C(C)C)c(Oc4cnc(N5CCOCC5)nc4)s3)(C1)C2. The molecule has 9 nitrogen and oxygen atoms in total. The van der Waals surface area contributed by atoms with Crippen LogP contribution in [0.5, 0.6) is 10.8 Å². The average Bonchev–Trinajstić information content (AvgIpc) is 3.10. The molecule has 0 spiro atoms. The highest BCUT2D eigenvalue weighted by atomic mass is 32.1. The van der Waals surface area contributed by atoms with Crippen molar-refractivity contribution in [2.24, 2.45) is 5.41 Å². The maximum atomic E-state index is 12.8. The first-order valence-electron chi connectivity index (χ1n) is 10.6. The molecular formula is C21H27N5O4S. The summed E-state index contributed by atoms with van der Waals surface area (Å²) in [5, 5.41) is 4.21. The van der Waals surface area contributed by atoms with Crippen LogP contribution in [0.25, 0.3) is 0 Å². The fourth-order valence-electron chi connectivity index (χ4n) is 4.59. The van der Waals surface area contributed by atoms with Gasteiger partial charge in [-0.15, -0.1) is 0 Å². The number of carbonyl (C=O) groups excluding carboxylic acids is 1. The van der Waals surface area contributed by atoms with Gasteiger partial charge in [0.1, 0.15) is 0 Å². The van der Waals surface area contributed by atoms with E-state index in [9.17, 15) is 4.79 Å². The molecule has 0 atom stereocenters. The summed E-state index contributed by atoms with van der Waals surface area (Å²) in [6, 6.07) is 0. The van der Waals surface area contributed by atoms with Crippen LogP contribution >= 0.6 is 11.3 Å².